The van der Waals surface area contributed by atoms with E-state index in [0.717, 1.165) is 60.9 Å². The number of nitrogens with one attached hydrogen (secondary N) is 1. The van der Waals surface area contributed by atoms with Crippen LogP contribution in [0.2, 0.25) is 5.02 Å². The van der Waals surface area contributed by atoms with Crippen LogP contribution in [0.25, 0.3) is 11.0 Å². The number of aromatic nitrogens is 2. The average molecular weight is 442 g/mol. The lowest BCUT2D eigenvalue weighted by atomic mass is 9.87. The number of benzene rings is 1. The van der Waals surface area contributed by atoms with Gasteiger partial charge in [0, 0.05) is 66.5 Å². The molecule has 1 N–H and O–H groups in total. The number of halogens is 1. The van der Waals surface area contributed by atoms with E-state index in [1.54, 1.807) is 11.8 Å². The van der Waals surface area contributed by atoms with Gasteiger partial charge < -0.3 is 19.7 Å². The van der Waals surface area contributed by atoms with E-state index in [4.69, 9.17) is 16.6 Å². The zero-order valence-corrected chi connectivity index (χ0v) is 19.1. The summed E-state index contributed by atoms with van der Waals surface area (Å²) in [6.45, 7) is 3.88. The minimum absolute atomic E-state index is 0.514. The largest absolute Gasteiger partial charge is 0.368 e. The van der Waals surface area contributed by atoms with Crippen molar-refractivity contribution in [3.8, 4) is 0 Å². The highest BCUT2D eigenvalue weighted by atomic mass is 35.5. The Morgan fingerprint density at radius 3 is 2.40 bits per heavy atom. The first kappa shape index (κ1) is 20.0. The van der Waals surface area contributed by atoms with Crippen LogP contribution in [0.1, 0.15) is 18.9 Å². The van der Waals surface area contributed by atoms with Crippen molar-refractivity contribution in [2.45, 2.75) is 29.8 Å². The number of hydrogen-bond donors (Lipinski definition) is 1. The highest BCUT2D eigenvalue weighted by Gasteiger charge is 2.30. The molecule has 3 aromatic rings. The number of piperazine rings is 1. The van der Waals surface area contributed by atoms with Gasteiger partial charge in [-0.2, -0.15) is 0 Å². The second-order valence-corrected chi connectivity index (χ2v) is 9.49. The van der Waals surface area contributed by atoms with Crippen molar-refractivity contribution in [3.63, 3.8) is 0 Å². The lowest BCUT2D eigenvalue weighted by Crippen LogP contribution is -2.46. The molecule has 0 spiro atoms. The van der Waals surface area contributed by atoms with Gasteiger partial charge in [0.15, 0.2) is 0 Å². The Balaban J connectivity index is 1.32. The third-order valence-corrected chi connectivity index (χ3v) is 7.63. The molecule has 1 saturated heterocycles. The van der Waals surface area contributed by atoms with E-state index in [1.165, 1.54) is 10.6 Å². The molecule has 2 fully saturated rings. The highest BCUT2D eigenvalue weighted by Crippen LogP contribution is 2.37. The Morgan fingerprint density at radius 1 is 1.03 bits per heavy atom. The predicted octanol–water partition coefficient (Wildman–Crippen LogP) is 4.66. The fraction of sp³-hybridized carbons (Fsp3) is 0.435. The molecular formula is C23H28ClN5S. The molecule has 2 aromatic heterocycles. The van der Waals surface area contributed by atoms with E-state index < -0.39 is 0 Å². The smallest absolute Gasteiger partial charge is 0.144 e. The Bertz CT molecular complexity index is 1020. The molecule has 5 rings (SSSR count). The van der Waals surface area contributed by atoms with Gasteiger partial charge in [-0.05, 0) is 56.5 Å². The lowest BCUT2D eigenvalue weighted by molar-refractivity contribution is 0.240. The van der Waals surface area contributed by atoms with Gasteiger partial charge in [0.25, 0.3) is 0 Å². The fourth-order valence-corrected chi connectivity index (χ4v) is 5.22. The van der Waals surface area contributed by atoms with E-state index in [1.807, 2.05) is 13.1 Å². The molecule has 7 heteroatoms. The average Bonchev–Trinajstić information content (AvgIpc) is 3.17. The monoisotopic (exact) mass is 441 g/mol. The number of thioether (sulfide) groups is 1. The van der Waals surface area contributed by atoms with Gasteiger partial charge in [-0.25, -0.2) is 4.98 Å². The van der Waals surface area contributed by atoms with Crippen molar-refractivity contribution in [2.24, 2.45) is 0 Å². The van der Waals surface area contributed by atoms with Crippen molar-refractivity contribution < 1.29 is 0 Å². The normalized spacial score (nSPS) is 21.8. The number of nitrogens with zero attached hydrogens (tertiary/aromatic N) is 4. The van der Waals surface area contributed by atoms with Crippen LogP contribution < -0.4 is 15.1 Å². The number of fused-ring (bicyclic) bond motifs is 1. The van der Waals surface area contributed by atoms with E-state index in [9.17, 15) is 0 Å². The summed E-state index contributed by atoms with van der Waals surface area (Å²) < 4.78 is 2.32. The van der Waals surface area contributed by atoms with E-state index in [0.29, 0.717) is 12.1 Å². The molecule has 158 valence electrons. The summed E-state index contributed by atoms with van der Waals surface area (Å²) in [6, 6.07) is 14.1. The molecule has 1 aliphatic carbocycles. The first-order valence-electron chi connectivity index (χ1n) is 10.6. The lowest BCUT2D eigenvalue weighted by Gasteiger charge is -2.37. The molecular weight excluding hydrogens is 414 g/mol. The van der Waals surface area contributed by atoms with E-state index in [2.05, 4.69) is 62.5 Å². The van der Waals surface area contributed by atoms with Gasteiger partial charge >= 0.3 is 0 Å². The maximum absolute atomic E-state index is 6.66. The summed E-state index contributed by atoms with van der Waals surface area (Å²) in [5, 5.41) is 5.22. The molecule has 1 aromatic carbocycles. The van der Waals surface area contributed by atoms with Crippen LogP contribution >= 0.6 is 23.4 Å². The third-order valence-electron chi connectivity index (χ3n) is 6.58. The summed E-state index contributed by atoms with van der Waals surface area (Å²) >= 11 is 8.45. The summed E-state index contributed by atoms with van der Waals surface area (Å²) in [5.41, 5.74) is 2.32. The maximum atomic E-state index is 6.66. The topological polar surface area (TPSA) is 36.3 Å². The summed E-state index contributed by atoms with van der Waals surface area (Å²) in [5.74, 6) is 0.995. The molecule has 1 saturated carbocycles. The number of hydrogen-bond acceptors (Lipinski definition) is 5. The Labute approximate surface area is 187 Å². The second kappa shape index (κ2) is 8.33. The molecule has 5 nitrogen and oxygen atoms in total. The molecule has 0 radical (unpaired) electrons. The summed E-state index contributed by atoms with van der Waals surface area (Å²) in [7, 11) is 2.04. The molecule has 0 atom stereocenters. The quantitative estimate of drug-likeness (QED) is 0.582. The number of pyridine rings is 1. The van der Waals surface area contributed by atoms with Crippen molar-refractivity contribution in [3.05, 3.63) is 47.6 Å². The molecule has 0 amide bonds. The predicted molar refractivity (Wildman–Crippen MR) is 129 cm³/mol. The van der Waals surface area contributed by atoms with E-state index in [-0.39, 0.29) is 0 Å². The first-order valence-corrected chi connectivity index (χ1v) is 12.2. The Hall–Kier alpha value is -1.89. The van der Waals surface area contributed by atoms with Gasteiger partial charge in [-0.1, -0.05) is 11.6 Å². The van der Waals surface area contributed by atoms with Gasteiger partial charge in [0.2, 0.25) is 0 Å². The van der Waals surface area contributed by atoms with Crippen molar-refractivity contribution in [1.29, 1.82) is 0 Å². The van der Waals surface area contributed by atoms with Crippen LogP contribution in [0.4, 0.5) is 11.5 Å². The minimum atomic E-state index is 0.514. The highest BCUT2D eigenvalue weighted by molar-refractivity contribution is 7.98. The van der Waals surface area contributed by atoms with Crippen LogP contribution in [0.15, 0.2) is 47.5 Å². The molecule has 0 bridgehead atoms. The zero-order valence-electron chi connectivity index (χ0n) is 17.5. The van der Waals surface area contributed by atoms with Crippen LogP contribution in [0.3, 0.4) is 0 Å². The maximum Gasteiger partial charge on any atom is 0.144 e. The summed E-state index contributed by atoms with van der Waals surface area (Å²) in [4.78, 5) is 11.2. The van der Waals surface area contributed by atoms with E-state index >= 15 is 0 Å². The van der Waals surface area contributed by atoms with Crippen molar-refractivity contribution in [1.82, 2.24) is 14.9 Å². The summed E-state index contributed by atoms with van der Waals surface area (Å²) in [6.07, 6.45) is 6.57. The second-order valence-electron chi connectivity index (χ2n) is 8.21. The van der Waals surface area contributed by atoms with Gasteiger partial charge in [0.1, 0.15) is 11.5 Å². The van der Waals surface area contributed by atoms with Gasteiger partial charge in [-0.3, -0.25) is 0 Å². The SMILES string of the molecule is CNC1CC(n2ccc3c(Cl)cc(N4CCN(c5ccc(SC)cc5)CC4)nc32)C1. The minimum Gasteiger partial charge on any atom is -0.368 e. The molecule has 3 heterocycles. The van der Waals surface area contributed by atoms with Gasteiger partial charge in [-0.15, -0.1) is 11.8 Å². The molecule has 1 aliphatic heterocycles. The Morgan fingerprint density at radius 2 is 1.73 bits per heavy atom. The standard InChI is InChI=1S/C23H28ClN5S/c1-25-16-13-18(14-16)29-8-7-20-21(24)15-22(26-23(20)29)28-11-9-27(10-12-28)17-3-5-19(30-2)6-4-17/h3-8,15-16,18,25H,9-14H2,1-2H3. The zero-order chi connectivity index (χ0) is 20.7. The first-order chi connectivity index (χ1) is 14.7. The van der Waals surface area contributed by atoms with Crippen molar-refractivity contribution in [2.75, 3.05) is 49.3 Å². The van der Waals surface area contributed by atoms with Crippen LogP contribution in [0.5, 0.6) is 0 Å². The number of rotatable bonds is 5. The number of anilines is 2. The molecule has 2 aliphatic rings. The van der Waals surface area contributed by atoms with Gasteiger partial charge in [0.05, 0.1) is 5.02 Å². The third kappa shape index (κ3) is 3.66. The van der Waals surface area contributed by atoms with Crippen LogP contribution in [-0.4, -0.2) is 55.1 Å². The van der Waals surface area contributed by atoms with Crippen LogP contribution in [-0.2, 0) is 0 Å². The molecule has 0 unspecified atom stereocenters. The molecule has 30 heavy (non-hydrogen) atoms. The fourth-order valence-electron chi connectivity index (χ4n) is 4.57. The van der Waals surface area contributed by atoms with Crippen molar-refractivity contribution >= 4 is 45.9 Å². The van der Waals surface area contributed by atoms with Crippen LogP contribution in [0, 0.1) is 0 Å². The Kier molecular flexibility index (Phi) is 5.56.